The lowest BCUT2D eigenvalue weighted by atomic mass is 10.1. The van der Waals surface area contributed by atoms with Gasteiger partial charge in [-0.25, -0.2) is 0 Å². The summed E-state index contributed by atoms with van der Waals surface area (Å²) in [6.45, 7) is 2.27. The van der Waals surface area contributed by atoms with Crippen LogP contribution < -0.4 is 5.32 Å². The van der Waals surface area contributed by atoms with Gasteiger partial charge in [0.05, 0.1) is 0 Å². The summed E-state index contributed by atoms with van der Waals surface area (Å²) >= 11 is 5.56. The molecule has 0 spiro atoms. The average molecular weight is 358 g/mol. The van der Waals surface area contributed by atoms with Gasteiger partial charge in [0.25, 0.3) is 0 Å². The predicted molar refractivity (Wildman–Crippen MR) is 95.7 cm³/mol. The van der Waals surface area contributed by atoms with Gasteiger partial charge >= 0.3 is 0 Å². The summed E-state index contributed by atoms with van der Waals surface area (Å²) in [6, 6.07) is 9.10. The molecule has 0 radical (unpaired) electrons. The molecule has 1 nitrogen and oxygen atoms in total. The number of rotatable bonds is 11. The molecule has 0 aliphatic carbocycles. The van der Waals surface area contributed by atoms with Crippen molar-refractivity contribution in [2.45, 2.75) is 62.8 Å². The van der Waals surface area contributed by atoms with Crippen molar-refractivity contribution in [3.05, 3.63) is 28.7 Å². The van der Waals surface area contributed by atoms with Gasteiger partial charge in [-0.3, -0.25) is 0 Å². The van der Waals surface area contributed by atoms with Gasteiger partial charge in [0.15, 0.2) is 0 Å². The maximum Gasteiger partial charge on any atom is 0.0311 e. The Kier molecular flexibility index (Phi) is 10.5. The molecule has 0 heterocycles. The average Bonchev–Trinajstić information content (AvgIpc) is 2.47. The Morgan fingerprint density at radius 3 is 2.50 bits per heavy atom. The monoisotopic (exact) mass is 357 g/mol. The lowest BCUT2D eigenvalue weighted by Gasteiger charge is -2.16. The summed E-state index contributed by atoms with van der Waals surface area (Å²) < 4.78 is 1.21. The van der Waals surface area contributed by atoms with Crippen LogP contribution in [0.5, 0.6) is 0 Å². The van der Waals surface area contributed by atoms with E-state index in [1.54, 1.807) is 0 Å². The van der Waals surface area contributed by atoms with Crippen molar-refractivity contribution >= 4 is 27.7 Å². The number of nitrogens with one attached hydrogen (secondary N) is 1. The van der Waals surface area contributed by atoms with E-state index in [1.807, 2.05) is 11.8 Å². The maximum absolute atomic E-state index is 3.61. The Morgan fingerprint density at radius 2 is 1.80 bits per heavy atom. The molecular formula is C17H28BrNS. The van der Waals surface area contributed by atoms with Crippen LogP contribution >= 0.6 is 27.7 Å². The first-order valence-electron chi connectivity index (χ1n) is 7.82. The molecule has 1 aromatic rings. The first-order chi connectivity index (χ1) is 9.77. The first kappa shape index (κ1) is 18.1. The van der Waals surface area contributed by atoms with Crippen molar-refractivity contribution in [3.8, 4) is 0 Å². The number of unbranched alkanes of at least 4 members (excludes halogenated alkanes) is 5. The van der Waals surface area contributed by atoms with Crippen LogP contribution in [0.4, 0.5) is 0 Å². The quantitative estimate of drug-likeness (QED) is 0.392. The van der Waals surface area contributed by atoms with Crippen LogP contribution in [0.25, 0.3) is 0 Å². The van der Waals surface area contributed by atoms with Crippen molar-refractivity contribution in [1.29, 1.82) is 0 Å². The van der Waals surface area contributed by atoms with E-state index >= 15 is 0 Å². The van der Waals surface area contributed by atoms with Crippen LogP contribution in [0.2, 0.25) is 0 Å². The Bertz CT molecular complexity index is 357. The minimum atomic E-state index is 0.623. The molecule has 114 valence electrons. The topological polar surface area (TPSA) is 12.0 Å². The van der Waals surface area contributed by atoms with E-state index in [0.717, 1.165) is 5.75 Å². The Balaban J connectivity index is 2.18. The SMILES string of the molecule is CCCCCCCCC(CSc1ccccc1Br)NC. The summed E-state index contributed by atoms with van der Waals surface area (Å²) in [5, 5.41) is 3.46. The number of benzene rings is 1. The summed E-state index contributed by atoms with van der Waals surface area (Å²) in [6.07, 6.45) is 9.58. The minimum absolute atomic E-state index is 0.623. The summed E-state index contributed by atoms with van der Waals surface area (Å²) in [4.78, 5) is 1.34. The number of halogens is 1. The molecular weight excluding hydrogens is 330 g/mol. The molecule has 3 heteroatoms. The van der Waals surface area contributed by atoms with Crippen LogP contribution in [0.3, 0.4) is 0 Å². The zero-order valence-electron chi connectivity index (χ0n) is 12.8. The summed E-state index contributed by atoms with van der Waals surface area (Å²) in [5.41, 5.74) is 0. The number of hydrogen-bond donors (Lipinski definition) is 1. The highest BCUT2D eigenvalue weighted by atomic mass is 79.9. The largest absolute Gasteiger partial charge is 0.316 e. The molecule has 1 atom stereocenters. The number of thioether (sulfide) groups is 1. The third-order valence-electron chi connectivity index (χ3n) is 3.59. The molecule has 0 aromatic heterocycles. The summed E-state index contributed by atoms with van der Waals surface area (Å²) in [5.74, 6) is 1.15. The molecule has 0 saturated carbocycles. The van der Waals surface area contributed by atoms with Gasteiger partial charge in [0, 0.05) is 21.2 Å². The van der Waals surface area contributed by atoms with Gasteiger partial charge in [0.2, 0.25) is 0 Å². The molecule has 1 unspecified atom stereocenters. The lowest BCUT2D eigenvalue weighted by molar-refractivity contribution is 0.514. The van der Waals surface area contributed by atoms with Gasteiger partial charge in [0.1, 0.15) is 0 Å². The van der Waals surface area contributed by atoms with Crippen LogP contribution in [-0.4, -0.2) is 18.8 Å². The van der Waals surface area contributed by atoms with Crippen LogP contribution in [0.1, 0.15) is 51.9 Å². The van der Waals surface area contributed by atoms with Crippen LogP contribution in [0, 0.1) is 0 Å². The Labute approximate surface area is 137 Å². The third kappa shape index (κ3) is 7.70. The second-order valence-electron chi connectivity index (χ2n) is 5.28. The third-order valence-corrected chi connectivity index (χ3v) is 5.78. The van der Waals surface area contributed by atoms with Crippen molar-refractivity contribution in [2.24, 2.45) is 0 Å². The smallest absolute Gasteiger partial charge is 0.0311 e. The molecule has 1 rings (SSSR count). The second kappa shape index (κ2) is 11.6. The fraction of sp³-hybridized carbons (Fsp3) is 0.647. The van der Waals surface area contributed by atoms with E-state index in [0.29, 0.717) is 6.04 Å². The molecule has 0 amide bonds. The zero-order valence-corrected chi connectivity index (χ0v) is 15.2. The van der Waals surface area contributed by atoms with E-state index in [-0.39, 0.29) is 0 Å². The molecule has 0 aliphatic rings. The maximum atomic E-state index is 3.61. The standard InChI is InChI=1S/C17H28BrNS/c1-3-4-5-6-7-8-11-15(19-2)14-20-17-13-10-9-12-16(17)18/h9-10,12-13,15,19H,3-8,11,14H2,1-2H3. The van der Waals surface area contributed by atoms with Gasteiger partial charge in [-0.2, -0.15) is 0 Å². The van der Waals surface area contributed by atoms with E-state index < -0.39 is 0 Å². The molecule has 0 bridgehead atoms. The fourth-order valence-electron chi connectivity index (χ4n) is 2.23. The molecule has 1 N–H and O–H groups in total. The fourth-order valence-corrected chi connectivity index (χ4v) is 3.96. The number of hydrogen-bond acceptors (Lipinski definition) is 2. The van der Waals surface area contributed by atoms with Crippen molar-refractivity contribution in [2.75, 3.05) is 12.8 Å². The van der Waals surface area contributed by atoms with Gasteiger partial charge < -0.3 is 5.32 Å². The van der Waals surface area contributed by atoms with Gasteiger partial charge in [-0.1, -0.05) is 57.6 Å². The normalized spacial score (nSPS) is 12.6. The second-order valence-corrected chi connectivity index (χ2v) is 7.20. The van der Waals surface area contributed by atoms with E-state index in [9.17, 15) is 0 Å². The zero-order chi connectivity index (χ0) is 14.6. The Hall–Kier alpha value is 0.01000. The Morgan fingerprint density at radius 1 is 1.10 bits per heavy atom. The molecule has 1 aromatic carbocycles. The molecule has 0 aliphatic heterocycles. The molecule has 20 heavy (non-hydrogen) atoms. The predicted octanol–water partition coefficient (Wildman–Crippen LogP) is 5.88. The van der Waals surface area contributed by atoms with Crippen molar-refractivity contribution < 1.29 is 0 Å². The van der Waals surface area contributed by atoms with E-state index in [4.69, 9.17) is 0 Å². The van der Waals surface area contributed by atoms with E-state index in [1.165, 1.54) is 54.3 Å². The molecule has 0 fully saturated rings. The summed E-state index contributed by atoms with van der Waals surface area (Å²) in [7, 11) is 2.09. The van der Waals surface area contributed by atoms with Crippen molar-refractivity contribution in [1.82, 2.24) is 5.32 Å². The van der Waals surface area contributed by atoms with E-state index in [2.05, 4.69) is 59.5 Å². The highest BCUT2D eigenvalue weighted by Gasteiger charge is 2.08. The first-order valence-corrected chi connectivity index (χ1v) is 9.60. The van der Waals surface area contributed by atoms with Gasteiger partial charge in [-0.15, -0.1) is 11.8 Å². The van der Waals surface area contributed by atoms with Gasteiger partial charge in [-0.05, 0) is 41.5 Å². The van der Waals surface area contributed by atoms with Crippen LogP contribution in [0.15, 0.2) is 33.6 Å². The molecule has 0 saturated heterocycles. The highest BCUT2D eigenvalue weighted by Crippen LogP contribution is 2.28. The minimum Gasteiger partial charge on any atom is -0.316 e. The van der Waals surface area contributed by atoms with Crippen molar-refractivity contribution in [3.63, 3.8) is 0 Å². The lowest BCUT2D eigenvalue weighted by Crippen LogP contribution is -2.27. The highest BCUT2D eigenvalue weighted by molar-refractivity contribution is 9.10. The van der Waals surface area contributed by atoms with Crippen LogP contribution in [-0.2, 0) is 0 Å².